The zero-order valence-electron chi connectivity index (χ0n) is 17.3. The lowest BCUT2D eigenvalue weighted by atomic mass is 9.97. The molecular formula is C16H28F3IN6O3S. The Morgan fingerprint density at radius 1 is 1.23 bits per heavy atom. The van der Waals surface area contributed by atoms with Crippen molar-refractivity contribution < 1.29 is 26.1 Å². The van der Waals surface area contributed by atoms with E-state index in [4.69, 9.17) is 4.52 Å². The van der Waals surface area contributed by atoms with E-state index in [0.29, 0.717) is 47.9 Å². The first-order valence-electron chi connectivity index (χ1n) is 9.18. The predicted molar refractivity (Wildman–Crippen MR) is 116 cm³/mol. The van der Waals surface area contributed by atoms with Crippen molar-refractivity contribution in [1.82, 2.24) is 25.1 Å². The molecule has 30 heavy (non-hydrogen) atoms. The number of nitrogens with zero attached hydrogens (tertiary/aromatic N) is 4. The van der Waals surface area contributed by atoms with Crippen LogP contribution >= 0.6 is 24.0 Å². The van der Waals surface area contributed by atoms with Crippen molar-refractivity contribution in [3.63, 3.8) is 0 Å². The quantitative estimate of drug-likeness (QED) is 0.318. The van der Waals surface area contributed by atoms with E-state index < -0.39 is 15.5 Å². The van der Waals surface area contributed by atoms with Gasteiger partial charge < -0.3 is 15.2 Å². The number of aliphatic imine (C=N–C) groups is 1. The number of halogens is 4. The van der Waals surface area contributed by atoms with Crippen LogP contribution in [0.5, 0.6) is 0 Å². The highest BCUT2D eigenvalue weighted by Crippen LogP contribution is 2.30. The fourth-order valence-corrected chi connectivity index (χ4v) is 3.74. The SMILES string of the molecule is CN=C(NCc1noc(C(C)(C)C)n1)NCC1CCN(S(=O)(=O)C(F)(F)F)CC1.I. The molecule has 1 aliphatic rings. The molecule has 0 aliphatic carbocycles. The van der Waals surface area contributed by atoms with E-state index in [-0.39, 0.29) is 48.4 Å². The van der Waals surface area contributed by atoms with E-state index in [1.807, 2.05) is 20.8 Å². The van der Waals surface area contributed by atoms with Crippen molar-refractivity contribution >= 4 is 40.0 Å². The van der Waals surface area contributed by atoms with Gasteiger partial charge >= 0.3 is 15.5 Å². The molecule has 14 heteroatoms. The third-order valence-corrected chi connectivity index (χ3v) is 6.14. The molecule has 2 rings (SSSR count). The number of rotatable bonds is 5. The minimum absolute atomic E-state index is 0. The van der Waals surface area contributed by atoms with E-state index in [0.717, 1.165) is 0 Å². The molecule has 1 fully saturated rings. The Bertz CT molecular complexity index is 815. The summed E-state index contributed by atoms with van der Waals surface area (Å²) in [5.41, 5.74) is -5.51. The molecule has 0 atom stereocenters. The van der Waals surface area contributed by atoms with Crippen molar-refractivity contribution in [1.29, 1.82) is 0 Å². The zero-order chi connectivity index (χ0) is 21.9. The van der Waals surface area contributed by atoms with Crippen LogP contribution in [0.2, 0.25) is 0 Å². The highest BCUT2D eigenvalue weighted by atomic mass is 127. The summed E-state index contributed by atoms with van der Waals surface area (Å²) < 4.78 is 66.5. The first-order chi connectivity index (χ1) is 13.3. The van der Waals surface area contributed by atoms with Gasteiger partial charge in [-0.3, -0.25) is 4.99 Å². The van der Waals surface area contributed by atoms with E-state index >= 15 is 0 Å². The molecule has 1 aromatic rings. The van der Waals surface area contributed by atoms with Crippen LogP contribution in [0.4, 0.5) is 13.2 Å². The van der Waals surface area contributed by atoms with Crippen molar-refractivity contribution in [2.24, 2.45) is 10.9 Å². The third-order valence-electron chi connectivity index (χ3n) is 4.51. The summed E-state index contributed by atoms with van der Waals surface area (Å²) in [5, 5.41) is 10.0. The standard InChI is InChI=1S/C16H27F3N6O3S.HI/c1-15(2,3)13-23-12(24-28-13)10-22-14(20-4)21-9-11-5-7-25(8-6-11)29(26,27)16(17,18)19;/h11H,5-10H2,1-4H3,(H2,20,21,22);1H. The fourth-order valence-electron chi connectivity index (χ4n) is 2.75. The van der Waals surface area contributed by atoms with Crippen molar-refractivity contribution in [2.45, 2.75) is 51.1 Å². The molecule has 1 saturated heterocycles. The Morgan fingerprint density at radius 2 is 1.83 bits per heavy atom. The van der Waals surface area contributed by atoms with Crippen molar-refractivity contribution in [2.75, 3.05) is 26.7 Å². The number of sulfonamides is 1. The Balaban J connectivity index is 0.00000450. The summed E-state index contributed by atoms with van der Waals surface area (Å²) >= 11 is 0. The average molecular weight is 568 g/mol. The molecule has 0 aromatic carbocycles. The minimum Gasteiger partial charge on any atom is -0.356 e. The van der Waals surface area contributed by atoms with Gasteiger partial charge in [-0.05, 0) is 18.8 Å². The van der Waals surface area contributed by atoms with E-state index in [1.165, 1.54) is 0 Å². The van der Waals surface area contributed by atoms with E-state index in [2.05, 4.69) is 25.8 Å². The summed E-state index contributed by atoms with van der Waals surface area (Å²) in [7, 11) is -3.66. The average Bonchev–Trinajstić information content (AvgIpc) is 3.11. The molecule has 2 N–H and O–H groups in total. The van der Waals surface area contributed by atoms with Gasteiger partial charge in [-0.1, -0.05) is 25.9 Å². The van der Waals surface area contributed by atoms with Gasteiger partial charge in [0.05, 0.1) is 6.54 Å². The van der Waals surface area contributed by atoms with E-state index in [1.54, 1.807) is 7.05 Å². The number of alkyl halides is 3. The molecule has 0 unspecified atom stereocenters. The summed E-state index contributed by atoms with van der Waals surface area (Å²) in [4.78, 5) is 8.39. The van der Waals surface area contributed by atoms with Gasteiger partial charge in [-0.15, -0.1) is 24.0 Å². The van der Waals surface area contributed by atoms with Gasteiger partial charge in [-0.2, -0.15) is 22.5 Å². The van der Waals surface area contributed by atoms with Gasteiger partial charge in [-0.25, -0.2) is 8.42 Å². The first kappa shape index (κ1) is 26.9. The maximum Gasteiger partial charge on any atom is 0.511 e. The highest BCUT2D eigenvalue weighted by Gasteiger charge is 2.50. The molecular weight excluding hydrogens is 540 g/mol. The molecule has 0 saturated carbocycles. The second-order valence-electron chi connectivity index (χ2n) is 7.87. The molecule has 9 nitrogen and oxygen atoms in total. The largest absolute Gasteiger partial charge is 0.511 e. The van der Waals surface area contributed by atoms with Crippen LogP contribution in [0.15, 0.2) is 9.52 Å². The molecule has 174 valence electrons. The van der Waals surface area contributed by atoms with Crippen LogP contribution in [-0.4, -0.2) is 61.0 Å². The molecule has 0 bridgehead atoms. The molecule has 1 aliphatic heterocycles. The molecule has 0 radical (unpaired) electrons. The summed E-state index contributed by atoms with van der Waals surface area (Å²) in [6.45, 7) is 6.33. The second-order valence-corrected chi connectivity index (χ2v) is 9.80. The Morgan fingerprint density at radius 3 is 2.30 bits per heavy atom. The Hall–Kier alpha value is -1.16. The van der Waals surface area contributed by atoms with Crippen molar-refractivity contribution in [3.8, 4) is 0 Å². The van der Waals surface area contributed by atoms with Crippen LogP contribution in [0.3, 0.4) is 0 Å². The minimum atomic E-state index is -5.26. The van der Waals surface area contributed by atoms with Gasteiger partial charge in [0.15, 0.2) is 11.8 Å². The zero-order valence-corrected chi connectivity index (χ0v) is 20.4. The number of guanidine groups is 1. The van der Waals surface area contributed by atoms with E-state index in [9.17, 15) is 21.6 Å². The lowest BCUT2D eigenvalue weighted by Crippen LogP contribution is -2.47. The fraction of sp³-hybridized carbons (Fsp3) is 0.812. The summed E-state index contributed by atoms with van der Waals surface area (Å²) in [6.07, 6.45) is 0.665. The van der Waals surface area contributed by atoms with Crippen LogP contribution in [0.1, 0.15) is 45.3 Å². The number of piperidine rings is 1. The maximum absolute atomic E-state index is 12.6. The highest BCUT2D eigenvalue weighted by molar-refractivity contribution is 14.0. The van der Waals surface area contributed by atoms with Gasteiger partial charge in [0, 0.05) is 32.1 Å². The topological polar surface area (TPSA) is 113 Å². The number of nitrogens with one attached hydrogen (secondary N) is 2. The predicted octanol–water partition coefficient (Wildman–Crippen LogP) is 2.21. The Labute approximate surface area is 191 Å². The van der Waals surface area contributed by atoms with Crippen LogP contribution in [-0.2, 0) is 22.0 Å². The number of hydrogen-bond donors (Lipinski definition) is 2. The van der Waals surface area contributed by atoms with Crippen LogP contribution < -0.4 is 10.6 Å². The van der Waals surface area contributed by atoms with Gasteiger partial charge in [0.1, 0.15) is 0 Å². The lowest BCUT2D eigenvalue weighted by Gasteiger charge is -2.31. The normalized spacial score (nSPS) is 17.5. The molecule has 1 aromatic heterocycles. The number of aromatic nitrogens is 2. The number of hydrogen-bond acceptors (Lipinski definition) is 6. The van der Waals surface area contributed by atoms with Crippen LogP contribution in [0, 0.1) is 5.92 Å². The molecule has 0 amide bonds. The first-order valence-corrected chi connectivity index (χ1v) is 10.6. The maximum atomic E-state index is 12.6. The smallest absolute Gasteiger partial charge is 0.356 e. The summed E-state index contributed by atoms with van der Waals surface area (Å²) in [5.74, 6) is 1.52. The third kappa shape index (κ3) is 6.93. The van der Waals surface area contributed by atoms with Gasteiger partial charge in [0.25, 0.3) is 0 Å². The van der Waals surface area contributed by atoms with Gasteiger partial charge in [0.2, 0.25) is 5.89 Å². The second kappa shape index (κ2) is 10.4. The molecule has 2 heterocycles. The molecule has 0 spiro atoms. The summed E-state index contributed by atoms with van der Waals surface area (Å²) in [6, 6.07) is 0. The van der Waals surface area contributed by atoms with Crippen molar-refractivity contribution in [3.05, 3.63) is 11.7 Å². The van der Waals surface area contributed by atoms with Crippen LogP contribution in [0.25, 0.3) is 0 Å². The lowest BCUT2D eigenvalue weighted by molar-refractivity contribution is -0.0496. The monoisotopic (exact) mass is 568 g/mol. The Kier molecular flexibility index (Phi) is 9.35.